The number of nitrogens with one attached hydrogen (secondary N) is 2. The van der Waals surface area contributed by atoms with Crippen LogP contribution >= 0.6 is 0 Å². The molecule has 1 unspecified atom stereocenters. The van der Waals surface area contributed by atoms with Gasteiger partial charge in [-0.2, -0.15) is 0 Å². The molecule has 2 aromatic carbocycles. The summed E-state index contributed by atoms with van der Waals surface area (Å²) < 4.78 is 0. The third kappa shape index (κ3) is 2.73. The standard InChI is InChI=1S/C22H25N3/c1-25-20-7-8-21(25)14-19(13-20)24-18-5-2-15(3-6-18)16-4-9-22-17(12-16)10-11-23-22/h2-6,9-12,19-21,23-24H,7-8,13-14H2,1H3/t19?,20-,21+. The van der Waals surface area contributed by atoms with E-state index in [2.05, 4.69) is 70.8 Å². The molecule has 1 aromatic heterocycles. The first-order valence-corrected chi connectivity index (χ1v) is 9.42. The normalized spacial score (nSPS) is 26.2. The number of H-pyrrole nitrogens is 1. The van der Waals surface area contributed by atoms with Gasteiger partial charge in [0, 0.05) is 35.5 Å². The van der Waals surface area contributed by atoms with Crippen LogP contribution in [-0.2, 0) is 0 Å². The zero-order chi connectivity index (χ0) is 16.8. The van der Waals surface area contributed by atoms with Crippen LogP contribution < -0.4 is 5.32 Å². The molecule has 3 atom stereocenters. The smallest absolute Gasteiger partial charge is 0.0454 e. The summed E-state index contributed by atoms with van der Waals surface area (Å²) in [6, 6.07) is 19.9. The van der Waals surface area contributed by atoms with E-state index in [0.29, 0.717) is 6.04 Å². The van der Waals surface area contributed by atoms with E-state index in [4.69, 9.17) is 0 Å². The molecule has 3 heteroatoms. The quantitative estimate of drug-likeness (QED) is 0.717. The molecule has 3 aromatic rings. The summed E-state index contributed by atoms with van der Waals surface area (Å²) >= 11 is 0. The molecule has 2 aliphatic rings. The average molecular weight is 331 g/mol. The maximum absolute atomic E-state index is 3.77. The number of hydrogen-bond donors (Lipinski definition) is 2. The molecule has 2 N–H and O–H groups in total. The predicted octanol–water partition coefficient (Wildman–Crippen LogP) is 4.87. The molecule has 0 saturated carbocycles. The summed E-state index contributed by atoms with van der Waals surface area (Å²) in [6.07, 6.45) is 7.30. The highest BCUT2D eigenvalue weighted by Gasteiger charge is 2.38. The van der Waals surface area contributed by atoms with E-state index in [1.807, 2.05) is 6.20 Å². The molecule has 3 heterocycles. The van der Waals surface area contributed by atoms with Gasteiger partial charge in [0.15, 0.2) is 0 Å². The number of nitrogens with zero attached hydrogens (tertiary/aromatic N) is 1. The van der Waals surface area contributed by atoms with Gasteiger partial charge in [-0.15, -0.1) is 0 Å². The summed E-state index contributed by atoms with van der Waals surface area (Å²) in [5.74, 6) is 0. The number of aromatic nitrogens is 1. The Bertz CT molecular complexity index is 866. The van der Waals surface area contributed by atoms with Gasteiger partial charge >= 0.3 is 0 Å². The van der Waals surface area contributed by atoms with Gasteiger partial charge < -0.3 is 15.2 Å². The summed E-state index contributed by atoms with van der Waals surface area (Å²) in [5.41, 5.74) is 4.99. The van der Waals surface area contributed by atoms with Crippen LogP contribution in [0.3, 0.4) is 0 Å². The highest BCUT2D eigenvalue weighted by atomic mass is 15.2. The second-order valence-electron chi connectivity index (χ2n) is 7.72. The van der Waals surface area contributed by atoms with Crippen molar-refractivity contribution < 1.29 is 0 Å². The highest BCUT2D eigenvalue weighted by Crippen LogP contribution is 2.35. The van der Waals surface area contributed by atoms with E-state index < -0.39 is 0 Å². The van der Waals surface area contributed by atoms with E-state index in [-0.39, 0.29) is 0 Å². The largest absolute Gasteiger partial charge is 0.382 e. The minimum Gasteiger partial charge on any atom is -0.382 e. The van der Waals surface area contributed by atoms with Gasteiger partial charge in [-0.25, -0.2) is 0 Å². The minimum atomic E-state index is 0.621. The lowest BCUT2D eigenvalue weighted by molar-refractivity contribution is 0.169. The molecule has 25 heavy (non-hydrogen) atoms. The molecule has 128 valence electrons. The Kier molecular flexibility index (Phi) is 3.56. The average Bonchev–Trinajstić information content (AvgIpc) is 3.16. The summed E-state index contributed by atoms with van der Waals surface area (Å²) in [6.45, 7) is 0. The highest BCUT2D eigenvalue weighted by molar-refractivity contribution is 5.85. The van der Waals surface area contributed by atoms with Crippen LogP contribution in [0.1, 0.15) is 25.7 Å². The van der Waals surface area contributed by atoms with Gasteiger partial charge in [0.05, 0.1) is 0 Å². The fourth-order valence-electron chi connectivity index (χ4n) is 4.76. The molecule has 2 saturated heterocycles. The van der Waals surface area contributed by atoms with Crippen LogP contribution in [-0.4, -0.2) is 35.1 Å². The Balaban J connectivity index is 1.31. The van der Waals surface area contributed by atoms with E-state index >= 15 is 0 Å². The fourth-order valence-corrected chi connectivity index (χ4v) is 4.76. The third-order valence-corrected chi connectivity index (χ3v) is 6.24. The number of hydrogen-bond acceptors (Lipinski definition) is 2. The molecular formula is C22H25N3. The second-order valence-corrected chi connectivity index (χ2v) is 7.72. The van der Waals surface area contributed by atoms with Crippen molar-refractivity contribution in [1.82, 2.24) is 9.88 Å². The van der Waals surface area contributed by atoms with Crippen molar-refractivity contribution in [3.05, 3.63) is 54.7 Å². The summed E-state index contributed by atoms with van der Waals surface area (Å²) in [5, 5.41) is 5.04. The van der Waals surface area contributed by atoms with Gasteiger partial charge in [0.1, 0.15) is 0 Å². The first-order chi connectivity index (χ1) is 12.3. The summed E-state index contributed by atoms with van der Waals surface area (Å²) in [4.78, 5) is 5.85. The van der Waals surface area contributed by atoms with Crippen LogP contribution in [0, 0.1) is 0 Å². The van der Waals surface area contributed by atoms with E-state index in [1.165, 1.54) is 53.4 Å². The van der Waals surface area contributed by atoms with Gasteiger partial charge in [0.2, 0.25) is 0 Å². The van der Waals surface area contributed by atoms with Crippen molar-refractivity contribution in [2.45, 2.75) is 43.8 Å². The lowest BCUT2D eigenvalue weighted by Crippen LogP contribution is -2.44. The van der Waals surface area contributed by atoms with Crippen molar-refractivity contribution in [3.63, 3.8) is 0 Å². The maximum Gasteiger partial charge on any atom is 0.0454 e. The van der Waals surface area contributed by atoms with Crippen LogP contribution in [0.2, 0.25) is 0 Å². The Morgan fingerprint density at radius 1 is 0.920 bits per heavy atom. The molecular weight excluding hydrogens is 306 g/mol. The zero-order valence-corrected chi connectivity index (χ0v) is 14.7. The number of benzene rings is 2. The number of anilines is 1. The van der Waals surface area contributed by atoms with Crippen LogP contribution in [0.15, 0.2) is 54.7 Å². The maximum atomic E-state index is 3.77. The molecule has 0 amide bonds. The predicted molar refractivity (Wildman–Crippen MR) is 105 cm³/mol. The third-order valence-electron chi connectivity index (χ3n) is 6.24. The molecule has 0 aliphatic carbocycles. The van der Waals surface area contributed by atoms with Gasteiger partial charge in [-0.1, -0.05) is 18.2 Å². The number of aromatic amines is 1. The Morgan fingerprint density at radius 2 is 1.64 bits per heavy atom. The Morgan fingerprint density at radius 3 is 2.40 bits per heavy atom. The van der Waals surface area contributed by atoms with Crippen LogP contribution in [0.25, 0.3) is 22.0 Å². The SMILES string of the molecule is CN1[C@@H]2CC[C@H]1CC(Nc1ccc(-c3ccc4[nH]ccc4c3)cc1)C2. The number of fused-ring (bicyclic) bond motifs is 3. The molecule has 2 fully saturated rings. The first kappa shape index (κ1) is 15.0. The van der Waals surface area contributed by atoms with Crippen molar-refractivity contribution in [1.29, 1.82) is 0 Å². The van der Waals surface area contributed by atoms with Crippen LogP contribution in [0.5, 0.6) is 0 Å². The van der Waals surface area contributed by atoms with Crippen molar-refractivity contribution in [2.24, 2.45) is 0 Å². The van der Waals surface area contributed by atoms with Gasteiger partial charge in [-0.3, -0.25) is 0 Å². The van der Waals surface area contributed by atoms with Crippen molar-refractivity contribution in [3.8, 4) is 11.1 Å². The second kappa shape index (κ2) is 5.92. The summed E-state index contributed by atoms with van der Waals surface area (Å²) in [7, 11) is 2.30. The fraction of sp³-hybridized carbons (Fsp3) is 0.364. The molecule has 0 radical (unpaired) electrons. The topological polar surface area (TPSA) is 31.1 Å². The molecule has 3 nitrogen and oxygen atoms in total. The lowest BCUT2D eigenvalue weighted by Gasteiger charge is -2.37. The van der Waals surface area contributed by atoms with Crippen molar-refractivity contribution in [2.75, 3.05) is 12.4 Å². The molecule has 5 rings (SSSR count). The van der Waals surface area contributed by atoms with E-state index in [0.717, 1.165) is 12.1 Å². The minimum absolute atomic E-state index is 0.621. The number of piperidine rings is 1. The van der Waals surface area contributed by atoms with Gasteiger partial charge in [0.25, 0.3) is 0 Å². The Labute approximate surface area is 149 Å². The molecule has 0 spiro atoms. The van der Waals surface area contributed by atoms with Crippen LogP contribution in [0.4, 0.5) is 5.69 Å². The van der Waals surface area contributed by atoms with Crippen molar-refractivity contribution >= 4 is 16.6 Å². The van der Waals surface area contributed by atoms with Gasteiger partial charge in [-0.05, 0) is 79.6 Å². The lowest BCUT2D eigenvalue weighted by atomic mass is 9.97. The molecule has 2 aliphatic heterocycles. The molecule has 2 bridgehead atoms. The first-order valence-electron chi connectivity index (χ1n) is 9.42. The van der Waals surface area contributed by atoms with E-state index in [1.54, 1.807) is 0 Å². The monoisotopic (exact) mass is 331 g/mol. The Hall–Kier alpha value is -2.26. The van der Waals surface area contributed by atoms with E-state index in [9.17, 15) is 0 Å². The zero-order valence-electron chi connectivity index (χ0n) is 14.7. The number of rotatable bonds is 3.